The number of halogens is 2. The Hall–Kier alpha value is -14.8. The molecule has 18 aromatic heterocycles. The number of nitrogens with one attached hydrogen (secondary N) is 1. The highest BCUT2D eigenvalue weighted by atomic mass is 35.5. The van der Waals surface area contributed by atoms with Crippen LogP contribution in [0.25, 0.3) is 123 Å². The van der Waals surface area contributed by atoms with Gasteiger partial charge in [-0.05, 0) is 299 Å². The van der Waals surface area contributed by atoms with E-state index in [1.54, 1.807) is 52.9 Å². The van der Waals surface area contributed by atoms with Crippen LogP contribution in [-0.2, 0) is 14.1 Å². The third-order valence-corrected chi connectivity index (χ3v) is 29.8. The highest BCUT2D eigenvalue weighted by Crippen LogP contribution is 2.36. The number of pyridine rings is 5. The molecule has 34 nitrogen and oxygen atoms in total. The third-order valence-electron chi connectivity index (χ3n) is 29.3. The van der Waals surface area contributed by atoms with Crippen molar-refractivity contribution in [3.8, 4) is 56.4 Å². The van der Waals surface area contributed by atoms with Gasteiger partial charge in [0.05, 0.1) is 101 Å². The number of aryl methyl sites for hydroxylation is 7. The van der Waals surface area contributed by atoms with Gasteiger partial charge in [-0.1, -0.05) is 54.4 Å². The topological polar surface area (TPSA) is 326 Å². The van der Waals surface area contributed by atoms with Crippen LogP contribution in [-0.4, -0.2) is 235 Å². The number of likely N-dealkylation sites (tertiary alicyclic amines) is 3. The highest BCUT2D eigenvalue weighted by Gasteiger charge is 2.28. The van der Waals surface area contributed by atoms with Gasteiger partial charge >= 0.3 is 0 Å². The van der Waals surface area contributed by atoms with E-state index < -0.39 is 0 Å². The van der Waals surface area contributed by atoms with E-state index in [0.717, 1.165) is 238 Å². The van der Waals surface area contributed by atoms with Gasteiger partial charge in [0.2, 0.25) is 0 Å². The number of rotatable bonds is 12. The van der Waals surface area contributed by atoms with E-state index in [9.17, 15) is 24.0 Å². The summed E-state index contributed by atoms with van der Waals surface area (Å²) in [4.78, 5) is 113. The lowest BCUT2D eigenvalue weighted by Crippen LogP contribution is -2.37. The molecule has 752 valence electrons. The molecule has 36 heteroatoms. The van der Waals surface area contributed by atoms with Crippen molar-refractivity contribution < 1.29 is 0 Å². The Balaban J connectivity index is 0.000000108. The van der Waals surface area contributed by atoms with E-state index in [1.165, 1.54) is 20.2 Å². The maximum atomic E-state index is 13.1. The fourth-order valence-electron chi connectivity index (χ4n) is 21.2. The van der Waals surface area contributed by atoms with Gasteiger partial charge in [-0.15, -0.1) is 0 Å². The molecule has 23 heterocycles. The van der Waals surface area contributed by atoms with Gasteiger partial charge in [0.15, 0.2) is 22.6 Å². The van der Waals surface area contributed by atoms with Crippen molar-refractivity contribution in [1.82, 2.24) is 135 Å². The van der Waals surface area contributed by atoms with Crippen molar-refractivity contribution >= 4 is 95.7 Å². The van der Waals surface area contributed by atoms with Gasteiger partial charge in [0.1, 0.15) is 22.6 Å². The lowest BCUT2D eigenvalue weighted by Gasteiger charge is -2.34. The molecule has 2 aromatic carbocycles. The second-order valence-electron chi connectivity index (χ2n) is 40.1. The fourth-order valence-corrected chi connectivity index (χ4v) is 21.7. The molecule has 0 unspecified atom stereocenters. The van der Waals surface area contributed by atoms with E-state index in [2.05, 4.69) is 133 Å². The molecule has 5 saturated heterocycles. The lowest BCUT2D eigenvalue weighted by molar-refractivity contribution is 0.172. The van der Waals surface area contributed by atoms with Crippen LogP contribution in [0.5, 0.6) is 0 Å². The molecule has 147 heavy (non-hydrogen) atoms. The van der Waals surface area contributed by atoms with E-state index in [1.807, 2.05) is 215 Å². The van der Waals surface area contributed by atoms with Crippen LogP contribution in [0.15, 0.2) is 225 Å². The summed E-state index contributed by atoms with van der Waals surface area (Å²) in [7, 11) is 8.09. The maximum absolute atomic E-state index is 13.1. The summed E-state index contributed by atoms with van der Waals surface area (Å²) in [5.74, 6) is 1.78. The smallest absolute Gasteiger partial charge is 0.275 e. The SMILES string of the molecule is CCN1CCC(c2ccc3nc(-c4cc(Cl)c5nc(C)cn5c4)cc(=O)n3c2)CC1.CN1CCC(c2ccc3nc(-c4ccc5nn(C)cc5c4)cc(=O)n3n2)CC1.Cc1cn2cc(-c3cc(=O)n4cc(C5CCN(C(C)C)CC5)ccc4n3)cc(Cl)c2n1.Cc1cn2nc(-c3cc(=O)n4cc(N5CCCN(C)CC5)cc(C)c4n3)cc2c(C)n1.Cn1cc2cc(-c3cc(=O)n4nc(C5CCNCC5)ccc4n3)ccc2n1. The fraction of sp³-hybridized carbons (Fsp3) is 0.351. The van der Waals surface area contributed by atoms with Crippen LogP contribution in [0.2, 0.25) is 10.0 Å². The first-order chi connectivity index (χ1) is 71.0. The average molecular weight is 2010 g/mol. The summed E-state index contributed by atoms with van der Waals surface area (Å²) in [5, 5.41) is 29.1. The number of fused-ring (bicyclic) bond motifs is 10. The average Bonchev–Trinajstić information content (AvgIpc) is 1.73. The molecule has 25 rings (SSSR count). The Bertz CT molecular complexity index is 8760. The standard InChI is InChI=1S/C24H26ClN5O.C23H24ClN5O.C23H27N7O.C21H22N6O.C20H20N6O/c1-15(2)28-8-6-17(7-9-28)18-4-5-22-27-21(11-23(31)30(22)14-18)19-10-20(25)24-26-16(3)12-29(24)13-19;1-3-27-8-6-16(7-9-27)17-4-5-21-26-20(11-22(30)29(21)14-17)18-10-19(24)23-25-15(2)12-28(23)13-18;1-15-10-18(28-7-5-6-27(4)8-9-28)14-29-22(31)12-19(25-23(15)29)20-11-21-17(3)24-16(2)13-30(21)26-20;1-25-9-7-14(8-10-25)17-5-6-20-22-19(12-21(28)27(20)24-17)15-3-4-18-16(11-15)13-26(2)23-18;1-25-12-15-10-14(2-3-17(15)23-25)18-11-20(27)26-19(22-18)5-4-16(24-26)13-6-8-21-9-7-13/h4-5,10-15,17H,6-9H2,1-3H3;4-5,10-14,16H,3,6-9H2,1-2H3;10-14H,5-9H2,1-4H3;3-6,11-14H,7-10H2,1-2H3;2-5,10-13,21H,6-9H2,1H3. The van der Waals surface area contributed by atoms with Gasteiger partial charge in [-0.25, -0.2) is 39.4 Å². The number of hydrogen-bond donors (Lipinski definition) is 1. The molecule has 5 aliphatic heterocycles. The molecule has 5 fully saturated rings. The molecule has 0 saturated carbocycles. The third kappa shape index (κ3) is 21.1. The Labute approximate surface area is 857 Å². The summed E-state index contributed by atoms with van der Waals surface area (Å²) < 4.78 is 17.0. The predicted octanol–water partition coefficient (Wildman–Crippen LogP) is 15.8. The predicted molar refractivity (Wildman–Crippen MR) is 578 cm³/mol. The molecule has 0 atom stereocenters. The minimum absolute atomic E-state index is 0.0825. The normalized spacial score (nSPS) is 15.9. The number of piperidine rings is 4. The van der Waals surface area contributed by atoms with Crippen LogP contribution in [0.3, 0.4) is 0 Å². The number of nitrogens with zero attached hydrogens (tertiary/aromatic N) is 28. The molecular formula is C111H119Cl2N29O5. The molecule has 5 aliphatic rings. The first-order valence-corrected chi connectivity index (χ1v) is 51.5. The number of benzene rings is 2. The van der Waals surface area contributed by atoms with E-state index in [-0.39, 0.29) is 27.8 Å². The highest BCUT2D eigenvalue weighted by molar-refractivity contribution is 6.34. The molecule has 0 bridgehead atoms. The molecular weight excluding hydrogens is 1890 g/mol. The number of anilines is 1. The zero-order valence-corrected chi connectivity index (χ0v) is 86.3. The van der Waals surface area contributed by atoms with E-state index in [4.69, 9.17) is 38.2 Å². The van der Waals surface area contributed by atoms with Crippen LogP contribution >= 0.6 is 23.2 Å². The molecule has 20 aromatic rings. The summed E-state index contributed by atoms with van der Waals surface area (Å²) in [6.07, 6.45) is 29.2. The van der Waals surface area contributed by atoms with Gasteiger partial charge in [-0.3, -0.25) is 51.5 Å². The molecule has 0 aliphatic carbocycles. The molecule has 0 spiro atoms. The van der Waals surface area contributed by atoms with Gasteiger partial charge < -0.3 is 38.6 Å². The van der Waals surface area contributed by atoms with E-state index in [0.29, 0.717) is 113 Å². The second kappa shape index (κ2) is 41.6. The van der Waals surface area contributed by atoms with Crippen LogP contribution in [0.4, 0.5) is 5.69 Å². The lowest BCUT2D eigenvalue weighted by atomic mass is 9.90. The van der Waals surface area contributed by atoms with Crippen molar-refractivity contribution in [2.24, 2.45) is 14.1 Å². The van der Waals surface area contributed by atoms with Crippen molar-refractivity contribution in [2.75, 3.05) is 104 Å². The Morgan fingerprint density at radius 2 is 0.850 bits per heavy atom. The van der Waals surface area contributed by atoms with Crippen LogP contribution in [0, 0.1) is 34.6 Å². The number of likely N-dealkylation sites (N-methyl/N-ethyl adjacent to an activating group) is 1. The molecule has 0 radical (unpaired) electrons. The molecule has 1 N–H and O–H groups in total. The van der Waals surface area contributed by atoms with Crippen LogP contribution in [0.1, 0.15) is 153 Å². The number of hydrogen-bond acceptors (Lipinski definition) is 24. The number of imidazole rings is 2. The summed E-state index contributed by atoms with van der Waals surface area (Å²) in [6, 6.07) is 44.0. The number of aromatic nitrogens is 23. The minimum Gasteiger partial charge on any atom is -0.369 e. The van der Waals surface area contributed by atoms with E-state index >= 15 is 0 Å². The quantitative estimate of drug-likeness (QED) is 0.119. The Kier molecular flexibility index (Phi) is 27.8. The summed E-state index contributed by atoms with van der Waals surface area (Å²) in [5.41, 5.74) is 23.9. The molecule has 0 amide bonds. The van der Waals surface area contributed by atoms with Crippen molar-refractivity contribution in [3.05, 3.63) is 314 Å². The van der Waals surface area contributed by atoms with Crippen molar-refractivity contribution in [2.45, 2.75) is 143 Å². The van der Waals surface area contributed by atoms with Crippen LogP contribution < -0.4 is 38.0 Å². The largest absolute Gasteiger partial charge is 0.369 e. The summed E-state index contributed by atoms with van der Waals surface area (Å²) >= 11 is 12.8. The maximum Gasteiger partial charge on any atom is 0.275 e. The first-order valence-electron chi connectivity index (χ1n) is 50.8. The Morgan fingerprint density at radius 1 is 0.374 bits per heavy atom. The van der Waals surface area contributed by atoms with Crippen molar-refractivity contribution in [1.29, 1.82) is 0 Å². The Morgan fingerprint density at radius 3 is 1.39 bits per heavy atom. The van der Waals surface area contributed by atoms with Gasteiger partial charge in [-0.2, -0.15) is 34.5 Å². The monoisotopic (exact) mass is 2010 g/mol. The minimum atomic E-state index is -0.155. The zero-order valence-electron chi connectivity index (χ0n) is 84.8. The zero-order chi connectivity index (χ0) is 102. The first kappa shape index (κ1) is 98.3. The second-order valence-corrected chi connectivity index (χ2v) is 40.9. The van der Waals surface area contributed by atoms with Gasteiger partial charge in [0, 0.05) is 171 Å². The van der Waals surface area contributed by atoms with Gasteiger partial charge in [0.25, 0.3) is 27.8 Å². The van der Waals surface area contributed by atoms with Crippen molar-refractivity contribution in [3.63, 3.8) is 0 Å². The summed E-state index contributed by atoms with van der Waals surface area (Å²) in [6.45, 7) is 30.2.